The normalized spacial score (nSPS) is 12.6. The number of benzene rings is 3. The van der Waals surface area contributed by atoms with Gasteiger partial charge in [-0.3, -0.25) is 13.9 Å². The van der Waals surface area contributed by atoms with E-state index in [1.165, 1.54) is 25.2 Å². The average Bonchev–Trinajstić information content (AvgIpc) is 2.97. The highest BCUT2D eigenvalue weighted by Gasteiger charge is 2.34. The summed E-state index contributed by atoms with van der Waals surface area (Å²) in [6.45, 7) is 3.13. The number of hydrogen-bond donors (Lipinski definition) is 1. The molecule has 2 unspecified atom stereocenters. The number of methoxy groups -OCH3 is 2. The first kappa shape index (κ1) is 34.0. The molecule has 0 saturated carbocycles. The van der Waals surface area contributed by atoms with E-state index in [2.05, 4.69) is 5.32 Å². The first-order chi connectivity index (χ1) is 20.4. The molecule has 3 aromatic rings. The summed E-state index contributed by atoms with van der Waals surface area (Å²) < 4.78 is 37.9. The van der Waals surface area contributed by atoms with Crippen LogP contribution < -0.4 is 19.1 Å². The summed E-state index contributed by atoms with van der Waals surface area (Å²) in [5.41, 5.74) is 1.48. The predicted octanol–water partition coefficient (Wildman–Crippen LogP) is 5.33. The smallest absolute Gasteiger partial charge is 0.244 e. The number of halogens is 2. The second kappa shape index (κ2) is 15.3. The second-order valence-electron chi connectivity index (χ2n) is 10.1. The molecule has 2 atom stereocenters. The van der Waals surface area contributed by atoms with E-state index >= 15 is 0 Å². The van der Waals surface area contributed by atoms with E-state index in [1.54, 1.807) is 30.3 Å². The molecule has 1 N–H and O–H groups in total. The van der Waals surface area contributed by atoms with E-state index in [0.717, 1.165) is 16.1 Å². The van der Waals surface area contributed by atoms with E-state index in [4.69, 9.17) is 32.7 Å². The van der Waals surface area contributed by atoms with Crippen LogP contribution in [0.5, 0.6) is 11.5 Å². The zero-order chi connectivity index (χ0) is 31.7. The molecule has 3 rings (SSSR count). The Hall–Kier alpha value is -3.47. The zero-order valence-electron chi connectivity index (χ0n) is 24.8. The highest BCUT2D eigenvalue weighted by Crippen LogP contribution is 2.34. The molecule has 0 heterocycles. The van der Waals surface area contributed by atoms with Gasteiger partial charge in [-0.25, -0.2) is 8.42 Å². The minimum absolute atomic E-state index is 0.0763. The van der Waals surface area contributed by atoms with Crippen LogP contribution in [0, 0.1) is 0 Å². The first-order valence-electron chi connectivity index (χ1n) is 13.6. The number of ether oxygens (including phenoxy) is 2. The molecular formula is C31H37Cl2N3O6S. The van der Waals surface area contributed by atoms with Crippen molar-refractivity contribution in [2.45, 2.75) is 45.3 Å². The van der Waals surface area contributed by atoms with Crippen LogP contribution in [0.15, 0.2) is 66.7 Å². The molecule has 0 aliphatic heterocycles. The van der Waals surface area contributed by atoms with Crippen LogP contribution in [0.25, 0.3) is 0 Å². The van der Waals surface area contributed by atoms with Crippen molar-refractivity contribution in [3.63, 3.8) is 0 Å². The molecule has 2 amide bonds. The Morgan fingerprint density at radius 2 is 1.67 bits per heavy atom. The number of hydrogen-bond acceptors (Lipinski definition) is 6. The molecule has 0 saturated heterocycles. The third-order valence-electron chi connectivity index (χ3n) is 6.96. The second-order valence-corrected chi connectivity index (χ2v) is 12.8. The number of sulfonamides is 1. The maximum Gasteiger partial charge on any atom is 0.244 e. The van der Waals surface area contributed by atoms with Gasteiger partial charge in [0.1, 0.15) is 24.1 Å². The molecule has 3 aromatic carbocycles. The van der Waals surface area contributed by atoms with Crippen molar-refractivity contribution in [2.75, 3.05) is 31.3 Å². The summed E-state index contributed by atoms with van der Waals surface area (Å²) in [6.07, 6.45) is 1.86. The largest absolute Gasteiger partial charge is 0.497 e. The molecular weight excluding hydrogens is 613 g/mol. The summed E-state index contributed by atoms with van der Waals surface area (Å²) in [6, 6.07) is 17.7. The lowest BCUT2D eigenvalue weighted by Gasteiger charge is -2.34. The summed E-state index contributed by atoms with van der Waals surface area (Å²) in [5.74, 6) is -0.402. The van der Waals surface area contributed by atoms with Crippen LogP contribution in [0.2, 0.25) is 10.0 Å². The number of nitrogens with zero attached hydrogens (tertiary/aromatic N) is 2. The number of carbonyl (C=O) groups is 2. The third-order valence-corrected chi connectivity index (χ3v) is 8.68. The van der Waals surface area contributed by atoms with Crippen molar-refractivity contribution in [3.8, 4) is 11.5 Å². The molecule has 0 bridgehead atoms. The van der Waals surface area contributed by atoms with Crippen LogP contribution in [-0.2, 0) is 32.6 Å². The summed E-state index contributed by atoms with van der Waals surface area (Å²) >= 11 is 12.6. The van der Waals surface area contributed by atoms with Gasteiger partial charge in [0, 0.05) is 35.1 Å². The Morgan fingerprint density at radius 3 is 2.26 bits per heavy atom. The van der Waals surface area contributed by atoms with E-state index in [9.17, 15) is 18.0 Å². The SMILES string of the molecule is CCC(C)NC(=O)C(Cc1ccccc1)N(Cc1ccc(Cl)cc1Cl)C(=O)CN(c1cc(OC)ccc1OC)S(C)(=O)=O. The van der Waals surface area contributed by atoms with Gasteiger partial charge in [0.25, 0.3) is 0 Å². The van der Waals surface area contributed by atoms with Gasteiger partial charge in [0.2, 0.25) is 21.8 Å². The van der Waals surface area contributed by atoms with Gasteiger partial charge in [-0.05, 0) is 48.7 Å². The maximum absolute atomic E-state index is 14.3. The summed E-state index contributed by atoms with van der Waals surface area (Å²) in [4.78, 5) is 29.5. The Kier molecular flexibility index (Phi) is 12.1. The topological polar surface area (TPSA) is 105 Å². The molecule has 0 aliphatic carbocycles. The molecule has 0 aromatic heterocycles. The van der Waals surface area contributed by atoms with Gasteiger partial charge in [-0.15, -0.1) is 0 Å². The molecule has 0 radical (unpaired) electrons. The molecule has 9 nitrogen and oxygen atoms in total. The number of rotatable bonds is 14. The van der Waals surface area contributed by atoms with E-state index in [0.29, 0.717) is 27.8 Å². The molecule has 0 fully saturated rings. The Balaban J connectivity index is 2.14. The van der Waals surface area contributed by atoms with Gasteiger partial charge in [0.05, 0.1) is 26.2 Å². The fourth-order valence-corrected chi connectivity index (χ4v) is 5.73. The zero-order valence-corrected chi connectivity index (χ0v) is 27.2. The molecule has 232 valence electrons. The number of amides is 2. The van der Waals surface area contributed by atoms with Crippen molar-refractivity contribution in [1.82, 2.24) is 10.2 Å². The number of carbonyl (C=O) groups excluding carboxylic acids is 2. The van der Waals surface area contributed by atoms with Crippen molar-refractivity contribution in [3.05, 3.63) is 87.9 Å². The molecule has 12 heteroatoms. The number of nitrogens with one attached hydrogen (secondary N) is 1. The Bertz CT molecular complexity index is 1520. The van der Waals surface area contributed by atoms with Gasteiger partial charge < -0.3 is 19.7 Å². The third kappa shape index (κ3) is 9.26. The molecule has 0 spiro atoms. The van der Waals surface area contributed by atoms with Crippen molar-refractivity contribution in [1.29, 1.82) is 0 Å². The minimum Gasteiger partial charge on any atom is -0.497 e. The van der Waals surface area contributed by atoms with Crippen LogP contribution >= 0.6 is 23.2 Å². The maximum atomic E-state index is 14.3. The Morgan fingerprint density at radius 1 is 0.977 bits per heavy atom. The highest BCUT2D eigenvalue weighted by atomic mass is 35.5. The van der Waals surface area contributed by atoms with Gasteiger partial charge >= 0.3 is 0 Å². The van der Waals surface area contributed by atoms with Gasteiger partial charge in [-0.1, -0.05) is 66.5 Å². The van der Waals surface area contributed by atoms with Crippen LogP contribution in [-0.4, -0.2) is 64.2 Å². The van der Waals surface area contributed by atoms with E-state index in [1.807, 2.05) is 44.2 Å². The van der Waals surface area contributed by atoms with Gasteiger partial charge in [0.15, 0.2) is 0 Å². The highest BCUT2D eigenvalue weighted by molar-refractivity contribution is 7.92. The van der Waals surface area contributed by atoms with Crippen LogP contribution in [0.4, 0.5) is 5.69 Å². The monoisotopic (exact) mass is 649 g/mol. The standard InChI is InChI=1S/C31H37Cl2N3O6S/c1-6-21(2)34-31(38)28(16-22-10-8-7-9-11-22)35(19-23-12-13-24(32)17-26(23)33)30(37)20-36(43(5,39)40)27-18-25(41-3)14-15-29(27)42-4/h7-15,17-18,21,28H,6,16,19-20H2,1-5H3,(H,34,38). The van der Waals surface area contributed by atoms with Crippen molar-refractivity contribution in [2.24, 2.45) is 0 Å². The van der Waals surface area contributed by atoms with Crippen LogP contribution in [0.1, 0.15) is 31.4 Å². The predicted molar refractivity (Wildman–Crippen MR) is 171 cm³/mol. The fourth-order valence-electron chi connectivity index (χ4n) is 4.41. The first-order valence-corrected chi connectivity index (χ1v) is 16.3. The summed E-state index contributed by atoms with van der Waals surface area (Å²) in [7, 11) is -1.16. The number of anilines is 1. The fraction of sp³-hybridized carbons (Fsp3) is 0.355. The minimum atomic E-state index is -4.01. The lowest BCUT2D eigenvalue weighted by Crippen LogP contribution is -2.54. The molecule has 0 aliphatic rings. The molecule has 43 heavy (non-hydrogen) atoms. The average molecular weight is 651 g/mol. The van der Waals surface area contributed by atoms with Crippen molar-refractivity contribution >= 4 is 50.7 Å². The summed E-state index contributed by atoms with van der Waals surface area (Å²) in [5, 5.41) is 3.71. The Labute approximate surface area is 263 Å². The van der Waals surface area contributed by atoms with E-state index < -0.39 is 28.5 Å². The van der Waals surface area contributed by atoms with Crippen molar-refractivity contribution < 1.29 is 27.5 Å². The quantitative estimate of drug-likeness (QED) is 0.253. The lowest BCUT2D eigenvalue weighted by molar-refractivity contribution is -0.140. The lowest BCUT2D eigenvalue weighted by atomic mass is 10.0. The van der Waals surface area contributed by atoms with E-state index in [-0.39, 0.29) is 36.4 Å². The van der Waals surface area contributed by atoms with Gasteiger partial charge in [-0.2, -0.15) is 0 Å². The van der Waals surface area contributed by atoms with Crippen LogP contribution in [0.3, 0.4) is 0 Å².